The Morgan fingerprint density at radius 3 is 2.00 bits per heavy atom. The number of ether oxygens (including phenoxy) is 1. The van der Waals surface area contributed by atoms with Crippen molar-refractivity contribution < 1.29 is 13.2 Å². The van der Waals surface area contributed by atoms with Gasteiger partial charge in [-0.25, -0.2) is 9.51 Å². The Bertz CT molecular complexity index is 1650. The first kappa shape index (κ1) is 23.9. The monoisotopic (exact) mass is 529 g/mol. The summed E-state index contributed by atoms with van der Waals surface area (Å²) in [4.78, 5) is 11.0. The number of halogens is 1. The van der Waals surface area contributed by atoms with Crippen LogP contribution in [0.4, 0.5) is 0 Å². The average molecular weight is 530 g/mol. The SMILES string of the molecule is N#Cc1c(Cl)cccc1Oc1ccc(S(=O)(=O)Nn2c(-c3ccccn3)nnc2-c2ccccn2)cc1. The van der Waals surface area contributed by atoms with Gasteiger partial charge in [-0.2, -0.15) is 13.7 Å². The lowest BCUT2D eigenvalue weighted by Crippen LogP contribution is -2.25. The topological polar surface area (TPSA) is 136 Å². The molecule has 0 atom stereocenters. The van der Waals surface area contributed by atoms with Gasteiger partial charge in [0.1, 0.15) is 34.5 Å². The summed E-state index contributed by atoms with van der Waals surface area (Å²) in [6.45, 7) is 0. The first-order valence-electron chi connectivity index (χ1n) is 10.7. The molecular formula is C25H16ClN7O3S. The smallest absolute Gasteiger partial charge is 0.275 e. The number of benzene rings is 2. The predicted octanol–water partition coefficient (Wildman–Crippen LogP) is 4.65. The fourth-order valence-electron chi connectivity index (χ4n) is 3.38. The molecule has 182 valence electrons. The third-order valence-corrected chi connectivity index (χ3v) is 6.74. The Hall–Kier alpha value is -4.79. The van der Waals surface area contributed by atoms with E-state index in [0.717, 1.165) is 0 Å². The minimum atomic E-state index is -4.10. The molecule has 0 spiro atoms. The molecule has 0 aliphatic carbocycles. The first-order chi connectivity index (χ1) is 18.0. The number of pyridine rings is 2. The number of hydrogen-bond donors (Lipinski definition) is 1. The predicted molar refractivity (Wildman–Crippen MR) is 136 cm³/mol. The quantitative estimate of drug-likeness (QED) is 0.322. The van der Waals surface area contributed by atoms with Crippen LogP contribution in [-0.2, 0) is 10.0 Å². The van der Waals surface area contributed by atoms with Crippen LogP contribution in [0.3, 0.4) is 0 Å². The molecule has 2 aromatic carbocycles. The highest BCUT2D eigenvalue weighted by Crippen LogP contribution is 2.30. The van der Waals surface area contributed by atoms with E-state index in [0.29, 0.717) is 17.1 Å². The van der Waals surface area contributed by atoms with Crippen LogP contribution < -0.4 is 9.57 Å². The zero-order chi connectivity index (χ0) is 25.8. The summed E-state index contributed by atoms with van der Waals surface area (Å²) < 4.78 is 33.7. The number of nitrogens with zero attached hydrogens (tertiary/aromatic N) is 6. The van der Waals surface area contributed by atoms with Gasteiger partial charge in [0, 0.05) is 12.4 Å². The molecule has 37 heavy (non-hydrogen) atoms. The molecule has 0 fully saturated rings. The molecule has 0 aliphatic rings. The zero-order valence-electron chi connectivity index (χ0n) is 18.9. The van der Waals surface area contributed by atoms with Gasteiger partial charge in [0.25, 0.3) is 10.0 Å². The van der Waals surface area contributed by atoms with Gasteiger partial charge in [-0.3, -0.25) is 9.97 Å². The standard InChI is InChI=1S/C25H16ClN7O3S/c26-20-6-5-9-23(19(20)16-27)36-17-10-12-18(13-11-17)37(34,35)32-33-24(21-7-1-3-14-28-21)30-31-25(33)22-8-2-4-15-29-22/h1-15,32H. The first-order valence-corrected chi connectivity index (χ1v) is 12.6. The lowest BCUT2D eigenvalue weighted by molar-refractivity contribution is 0.480. The molecule has 0 aliphatic heterocycles. The summed E-state index contributed by atoms with van der Waals surface area (Å²) in [6, 6.07) is 22.9. The molecule has 0 amide bonds. The normalized spacial score (nSPS) is 11.0. The number of nitrogens with one attached hydrogen (secondary N) is 1. The number of sulfonamides is 1. The number of hydrogen-bond acceptors (Lipinski definition) is 8. The number of aromatic nitrogens is 5. The molecule has 12 heteroatoms. The van der Waals surface area contributed by atoms with Crippen molar-refractivity contribution in [3.05, 3.63) is 102 Å². The molecule has 0 radical (unpaired) electrons. The molecule has 0 unspecified atom stereocenters. The molecule has 3 aromatic heterocycles. The van der Waals surface area contributed by atoms with Gasteiger partial charge in [-0.15, -0.1) is 10.2 Å². The highest BCUT2D eigenvalue weighted by molar-refractivity contribution is 7.92. The van der Waals surface area contributed by atoms with E-state index in [1.807, 2.05) is 6.07 Å². The Morgan fingerprint density at radius 2 is 1.46 bits per heavy atom. The van der Waals surface area contributed by atoms with Gasteiger partial charge >= 0.3 is 0 Å². The fourth-order valence-corrected chi connectivity index (χ4v) is 4.60. The van der Waals surface area contributed by atoms with Crippen LogP contribution in [0.1, 0.15) is 5.56 Å². The van der Waals surface area contributed by atoms with Crippen molar-refractivity contribution in [3.8, 4) is 40.6 Å². The van der Waals surface area contributed by atoms with E-state index >= 15 is 0 Å². The van der Waals surface area contributed by atoms with Gasteiger partial charge in [0.15, 0.2) is 0 Å². The number of rotatable bonds is 7. The molecule has 3 heterocycles. The maximum Gasteiger partial charge on any atom is 0.275 e. The van der Waals surface area contributed by atoms with Crippen molar-refractivity contribution >= 4 is 21.6 Å². The van der Waals surface area contributed by atoms with Gasteiger partial charge < -0.3 is 4.74 Å². The van der Waals surface area contributed by atoms with E-state index in [1.54, 1.807) is 67.0 Å². The Kier molecular flexibility index (Phi) is 6.51. The fraction of sp³-hybridized carbons (Fsp3) is 0. The summed E-state index contributed by atoms with van der Waals surface area (Å²) in [5.41, 5.74) is 1.01. The Morgan fingerprint density at radius 1 is 0.838 bits per heavy atom. The molecule has 1 N–H and O–H groups in total. The summed E-state index contributed by atoms with van der Waals surface area (Å²) in [6.07, 6.45) is 3.14. The third kappa shape index (κ3) is 4.97. The Labute approximate surface area is 216 Å². The van der Waals surface area contributed by atoms with Gasteiger partial charge in [-0.1, -0.05) is 29.8 Å². The van der Waals surface area contributed by atoms with Gasteiger partial charge in [0.2, 0.25) is 11.6 Å². The van der Waals surface area contributed by atoms with Crippen LogP contribution in [0.15, 0.2) is 96.2 Å². The lowest BCUT2D eigenvalue weighted by atomic mass is 10.2. The van der Waals surface area contributed by atoms with Crippen molar-refractivity contribution in [2.24, 2.45) is 0 Å². The summed E-state index contributed by atoms with van der Waals surface area (Å²) in [7, 11) is -4.10. The highest BCUT2D eigenvalue weighted by Gasteiger charge is 2.23. The van der Waals surface area contributed by atoms with Crippen molar-refractivity contribution in [3.63, 3.8) is 0 Å². The second kappa shape index (κ2) is 10.1. The van der Waals surface area contributed by atoms with E-state index in [2.05, 4.69) is 25.0 Å². The van der Waals surface area contributed by atoms with Crippen molar-refractivity contribution in [2.45, 2.75) is 4.90 Å². The minimum Gasteiger partial charge on any atom is -0.456 e. The van der Waals surface area contributed by atoms with Crippen molar-refractivity contribution in [1.29, 1.82) is 5.26 Å². The second-order valence-electron chi connectivity index (χ2n) is 7.51. The van der Waals surface area contributed by atoms with Crippen molar-refractivity contribution in [1.82, 2.24) is 24.8 Å². The minimum absolute atomic E-state index is 0.0425. The highest BCUT2D eigenvalue weighted by atomic mass is 35.5. The largest absolute Gasteiger partial charge is 0.456 e. The molecule has 5 aromatic rings. The van der Waals surface area contributed by atoms with Crippen LogP contribution in [0.5, 0.6) is 11.5 Å². The Balaban J connectivity index is 1.47. The van der Waals surface area contributed by atoms with E-state index in [1.165, 1.54) is 28.9 Å². The van der Waals surface area contributed by atoms with Gasteiger partial charge in [-0.05, 0) is 60.7 Å². The average Bonchev–Trinajstić information content (AvgIpc) is 3.33. The van der Waals surface area contributed by atoms with Crippen LogP contribution >= 0.6 is 11.6 Å². The summed E-state index contributed by atoms with van der Waals surface area (Å²) in [5, 5.41) is 17.9. The van der Waals surface area contributed by atoms with E-state index < -0.39 is 10.0 Å². The maximum atomic E-state index is 13.4. The molecule has 0 saturated heterocycles. The third-order valence-electron chi connectivity index (χ3n) is 5.11. The summed E-state index contributed by atoms with van der Waals surface area (Å²) >= 11 is 6.05. The lowest BCUT2D eigenvalue weighted by Gasteiger charge is -2.14. The number of nitriles is 1. The zero-order valence-corrected chi connectivity index (χ0v) is 20.4. The van der Waals surface area contributed by atoms with Crippen molar-refractivity contribution in [2.75, 3.05) is 4.83 Å². The molecular weight excluding hydrogens is 514 g/mol. The molecule has 5 rings (SSSR count). The van der Waals surface area contributed by atoms with Crippen LogP contribution in [0, 0.1) is 11.3 Å². The summed E-state index contributed by atoms with van der Waals surface area (Å²) in [5.74, 6) is 0.961. The maximum absolute atomic E-state index is 13.4. The van der Waals surface area contributed by atoms with E-state index in [4.69, 9.17) is 16.3 Å². The van der Waals surface area contributed by atoms with Crippen LogP contribution in [-0.4, -0.2) is 33.3 Å². The molecule has 10 nitrogen and oxygen atoms in total. The second-order valence-corrected chi connectivity index (χ2v) is 9.57. The van der Waals surface area contributed by atoms with E-state index in [-0.39, 0.29) is 32.9 Å². The molecule has 0 bridgehead atoms. The molecule has 0 saturated carbocycles. The van der Waals surface area contributed by atoms with Crippen LogP contribution in [0.2, 0.25) is 5.02 Å². The van der Waals surface area contributed by atoms with E-state index in [9.17, 15) is 13.7 Å². The van der Waals surface area contributed by atoms with Crippen LogP contribution in [0.25, 0.3) is 23.0 Å². The van der Waals surface area contributed by atoms with Gasteiger partial charge in [0.05, 0.1) is 9.92 Å².